The van der Waals surface area contributed by atoms with Gasteiger partial charge in [-0.3, -0.25) is 14.3 Å². The topological polar surface area (TPSA) is 132 Å². The first-order valence-corrected chi connectivity index (χ1v) is 12.3. The van der Waals surface area contributed by atoms with Gasteiger partial charge >= 0.3 is 5.97 Å². The number of pyridine rings is 1. The molecule has 0 spiro atoms. The third-order valence-corrected chi connectivity index (χ3v) is 6.11. The summed E-state index contributed by atoms with van der Waals surface area (Å²) in [6.45, 7) is -0.478. The number of amides is 1. The molecule has 0 saturated heterocycles. The van der Waals surface area contributed by atoms with Gasteiger partial charge in [-0.2, -0.15) is 5.10 Å². The van der Waals surface area contributed by atoms with E-state index in [1.165, 1.54) is 18.0 Å². The van der Waals surface area contributed by atoms with Crippen molar-refractivity contribution in [2.45, 2.75) is 5.16 Å². The molecule has 2 aromatic carbocycles. The molecule has 10 nitrogen and oxygen atoms in total. The van der Waals surface area contributed by atoms with Gasteiger partial charge in [-0.05, 0) is 48.5 Å². The summed E-state index contributed by atoms with van der Waals surface area (Å²) in [5, 5.41) is 21.9. The van der Waals surface area contributed by atoms with Crippen molar-refractivity contribution in [3.8, 4) is 22.8 Å². The minimum atomic E-state index is -1.09. The zero-order valence-electron chi connectivity index (χ0n) is 18.6. The Balaban J connectivity index is 1.45. The normalized spacial score (nSPS) is 10.9. The smallest absolute Gasteiger partial charge is 0.341 e. The molecule has 182 valence electrons. The average Bonchev–Trinajstić information content (AvgIpc) is 3.32. The van der Waals surface area contributed by atoms with Crippen LogP contribution in [-0.2, 0) is 9.59 Å². The van der Waals surface area contributed by atoms with Gasteiger partial charge < -0.3 is 9.84 Å². The van der Waals surface area contributed by atoms with Gasteiger partial charge in [0.05, 0.1) is 12.0 Å². The van der Waals surface area contributed by atoms with E-state index in [1.807, 2.05) is 41.0 Å². The summed E-state index contributed by atoms with van der Waals surface area (Å²) in [5.41, 5.74) is 4.68. The Morgan fingerprint density at radius 1 is 1.08 bits per heavy atom. The number of thioether (sulfide) groups is 1. The molecule has 0 radical (unpaired) electrons. The molecule has 4 rings (SSSR count). The van der Waals surface area contributed by atoms with Crippen LogP contribution in [0.25, 0.3) is 17.1 Å². The van der Waals surface area contributed by atoms with Crippen molar-refractivity contribution < 1.29 is 19.4 Å². The predicted molar refractivity (Wildman–Crippen MR) is 138 cm³/mol. The lowest BCUT2D eigenvalue weighted by molar-refractivity contribution is -0.139. The summed E-state index contributed by atoms with van der Waals surface area (Å²) in [6, 6.07) is 18.2. The summed E-state index contributed by atoms with van der Waals surface area (Å²) >= 11 is 4.66. The zero-order chi connectivity index (χ0) is 25.3. The maximum atomic E-state index is 12.4. The van der Waals surface area contributed by atoms with E-state index < -0.39 is 12.6 Å². The number of carbonyl (C=O) groups is 2. The van der Waals surface area contributed by atoms with E-state index in [0.29, 0.717) is 22.3 Å². The molecule has 2 N–H and O–H groups in total. The van der Waals surface area contributed by atoms with Crippen molar-refractivity contribution in [3.63, 3.8) is 0 Å². The highest BCUT2D eigenvalue weighted by Crippen LogP contribution is 2.28. The van der Waals surface area contributed by atoms with E-state index in [0.717, 1.165) is 15.7 Å². The number of nitrogens with zero attached hydrogens (tertiary/aromatic N) is 5. The number of aromatic nitrogens is 4. The average molecular weight is 567 g/mol. The number of rotatable bonds is 10. The first-order chi connectivity index (χ1) is 17.5. The molecule has 36 heavy (non-hydrogen) atoms. The highest BCUT2D eigenvalue weighted by Gasteiger charge is 2.17. The predicted octanol–water partition coefficient (Wildman–Crippen LogP) is 3.80. The molecule has 12 heteroatoms. The highest BCUT2D eigenvalue weighted by molar-refractivity contribution is 9.10. The molecule has 4 aromatic rings. The molecule has 0 unspecified atom stereocenters. The van der Waals surface area contributed by atoms with Gasteiger partial charge in [-0.1, -0.05) is 39.8 Å². The van der Waals surface area contributed by atoms with E-state index in [9.17, 15) is 9.59 Å². The fourth-order valence-corrected chi connectivity index (χ4v) is 4.08. The number of carboxylic acid groups (broad SMARTS) is 1. The number of hydrogen-bond donors (Lipinski definition) is 2. The molecule has 0 aliphatic carbocycles. The van der Waals surface area contributed by atoms with Crippen LogP contribution in [0.3, 0.4) is 0 Å². The van der Waals surface area contributed by atoms with Crippen LogP contribution in [0.4, 0.5) is 0 Å². The Morgan fingerprint density at radius 2 is 1.83 bits per heavy atom. The Bertz CT molecular complexity index is 1380. The number of hydrazone groups is 1. The maximum absolute atomic E-state index is 12.4. The van der Waals surface area contributed by atoms with Gasteiger partial charge in [-0.15, -0.1) is 10.2 Å². The molecule has 1 amide bonds. The van der Waals surface area contributed by atoms with E-state index in [-0.39, 0.29) is 11.7 Å². The molecule has 2 heterocycles. The van der Waals surface area contributed by atoms with Crippen LogP contribution in [0, 0.1) is 0 Å². The minimum Gasteiger partial charge on any atom is -0.481 e. The number of aliphatic carboxylic acids is 1. The highest BCUT2D eigenvalue weighted by atomic mass is 79.9. The molecule has 0 bridgehead atoms. The van der Waals surface area contributed by atoms with Crippen LogP contribution in [-0.4, -0.2) is 55.3 Å². The zero-order valence-corrected chi connectivity index (χ0v) is 21.0. The van der Waals surface area contributed by atoms with Crippen LogP contribution in [0.15, 0.2) is 87.8 Å². The SMILES string of the molecule is O=C(O)COc1ccccc1/C=N\NC(=O)CSc1nnc(-c2ccncc2)n1-c1ccc(Br)cc1. The van der Waals surface area contributed by atoms with E-state index in [4.69, 9.17) is 9.84 Å². The van der Waals surface area contributed by atoms with Gasteiger partial charge in [0, 0.05) is 33.7 Å². The summed E-state index contributed by atoms with van der Waals surface area (Å²) in [4.78, 5) is 27.3. The van der Waals surface area contributed by atoms with Gasteiger partial charge in [0.25, 0.3) is 5.91 Å². The third kappa shape index (κ3) is 6.55. The van der Waals surface area contributed by atoms with Gasteiger partial charge in [-0.25, -0.2) is 10.2 Å². The number of nitrogens with one attached hydrogen (secondary N) is 1. The van der Waals surface area contributed by atoms with Crippen LogP contribution in [0.2, 0.25) is 0 Å². The van der Waals surface area contributed by atoms with E-state index in [1.54, 1.807) is 36.7 Å². The Labute approximate surface area is 218 Å². The van der Waals surface area contributed by atoms with Crippen molar-refractivity contribution in [1.82, 2.24) is 25.2 Å². The van der Waals surface area contributed by atoms with Gasteiger partial charge in [0.15, 0.2) is 17.6 Å². The standard InChI is InChI=1S/C24H19BrN6O4S/c25-18-5-7-19(8-6-18)31-23(16-9-11-26-12-10-16)29-30-24(31)36-15-21(32)28-27-13-17-3-1-2-4-20(17)35-14-22(33)34/h1-13H,14-15H2,(H,28,32)(H,33,34)/b27-13-. The largest absolute Gasteiger partial charge is 0.481 e. The van der Waals surface area contributed by atoms with Crippen molar-refractivity contribution in [2.75, 3.05) is 12.4 Å². The first kappa shape index (κ1) is 25.1. The van der Waals surface area contributed by atoms with Crippen molar-refractivity contribution >= 4 is 45.8 Å². The van der Waals surface area contributed by atoms with Crippen LogP contribution in [0.1, 0.15) is 5.56 Å². The van der Waals surface area contributed by atoms with Crippen LogP contribution >= 0.6 is 27.7 Å². The molecular weight excluding hydrogens is 548 g/mol. The van der Waals surface area contributed by atoms with Crippen LogP contribution in [0.5, 0.6) is 5.75 Å². The number of carbonyl (C=O) groups excluding carboxylic acids is 1. The maximum Gasteiger partial charge on any atom is 0.341 e. The van der Waals surface area contributed by atoms with Crippen LogP contribution < -0.4 is 10.2 Å². The minimum absolute atomic E-state index is 0.0412. The quantitative estimate of drug-likeness (QED) is 0.168. The number of halogens is 1. The van der Waals surface area contributed by atoms with Crippen molar-refractivity contribution in [2.24, 2.45) is 5.10 Å². The number of para-hydroxylation sites is 1. The molecule has 0 aliphatic rings. The van der Waals surface area contributed by atoms with E-state index >= 15 is 0 Å². The van der Waals surface area contributed by atoms with E-state index in [2.05, 4.69) is 41.6 Å². The third-order valence-electron chi connectivity index (χ3n) is 4.65. The summed E-state index contributed by atoms with van der Waals surface area (Å²) < 4.78 is 8.04. The molecule has 0 saturated carbocycles. The molecule has 0 aliphatic heterocycles. The van der Waals surface area contributed by atoms with Crippen molar-refractivity contribution in [3.05, 3.63) is 83.1 Å². The second kappa shape index (κ2) is 12.1. The first-order valence-electron chi connectivity index (χ1n) is 10.5. The monoisotopic (exact) mass is 566 g/mol. The summed E-state index contributed by atoms with van der Waals surface area (Å²) in [7, 11) is 0. The summed E-state index contributed by atoms with van der Waals surface area (Å²) in [5.74, 6) is -0.428. The molecule has 0 atom stereocenters. The number of benzene rings is 2. The summed E-state index contributed by atoms with van der Waals surface area (Å²) in [6.07, 6.45) is 4.75. The second-order valence-electron chi connectivity index (χ2n) is 7.16. The molecular formula is C24H19BrN6O4S. The second-order valence-corrected chi connectivity index (χ2v) is 9.01. The number of ether oxygens (including phenoxy) is 1. The Hall–Kier alpha value is -4.03. The number of hydrogen-bond acceptors (Lipinski definition) is 8. The fourth-order valence-electron chi connectivity index (χ4n) is 3.07. The lowest BCUT2D eigenvalue weighted by Gasteiger charge is -2.10. The molecule has 2 aromatic heterocycles. The molecule has 0 fully saturated rings. The fraction of sp³-hybridized carbons (Fsp3) is 0.0833. The number of carboxylic acids is 1. The lowest BCUT2D eigenvalue weighted by Crippen LogP contribution is -2.20. The Morgan fingerprint density at radius 3 is 2.58 bits per heavy atom. The Kier molecular flexibility index (Phi) is 8.42. The van der Waals surface area contributed by atoms with Crippen molar-refractivity contribution in [1.29, 1.82) is 0 Å². The van der Waals surface area contributed by atoms with Gasteiger partial charge in [0.2, 0.25) is 0 Å². The lowest BCUT2D eigenvalue weighted by atomic mass is 10.2. The van der Waals surface area contributed by atoms with Gasteiger partial charge in [0.1, 0.15) is 5.75 Å².